The molecule has 0 radical (unpaired) electrons. The molecule has 0 aliphatic rings. The molecule has 1 aromatic heterocycles. The highest BCUT2D eigenvalue weighted by atomic mass is 32.1. The Hall–Kier alpha value is -0.930. The molecule has 3 heteroatoms. The monoisotopic (exact) mass is 179 g/mol. The first kappa shape index (κ1) is 7.71. The van der Waals surface area contributed by atoms with Crippen molar-refractivity contribution < 1.29 is 5.11 Å². The highest BCUT2D eigenvalue weighted by Crippen LogP contribution is 2.21. The number of thiazole rings is 1. The maximum Gasteiger partial charge on any atom is 0.0815 e. The molecule has 0 saturated carbocycles. The lowest BCUT2D eigenvalue weighted by molar-refractivity contribution is 0.199. The lowest BCUT2D eigenvalue weighted by atomic mass is 10.1. The minimum absolute atomic E-state index is 0.406. The van der Waals surface area contributed by atoms with E-state index in [1.807, 2.05) is 23.7 Å². The molecule has 0 spiro atoms. The van der Waals surface area contributed by atoms with Gasteiger partial charge in [0.2, 0.25) is 0 Å². The molecule has 2 nitrogen and oxygen atoms in total. The summed E-state index contributed by atoms with van der Waals surface area (Å²) in [6, 6.07) is 5.86. The first-order chi connectivity index (χ1) is 5.77. The molecule has 2 rings (SSSR count). The van der Waals surface area contributed by atoms with Gasteiger partial charge in [-0.3, -0.25) is 0 Å². The molecule has 1 N–H and O–H groups in total. The van der Waals surface area contributed by atoms with E-state index in [0.717, 1.165) is 11.1 Å². The second-order valence-corrected chi connectivity index (χ2v) is 3.64. The van der Waals surface area contributed by atoms with E-state index in [2.05, 4.69) is 4.98 Å². The van der Waals surface area contributed by atoms with Crippen LogP contribution in [0.3, 0.4) is 0 Å². The molecule has 2 aromatic rings. The van der Waals surface area contributed by atoms with Crippen molar-refractivity contribution in [1.29, 1.82) is 0 Å². The van der Waals surface area contributed by atoms with Crippen molar-refractivity contribution in [3.05, 3.63) is 29.3 Å². The molecule has 0 amide bonds. The van der Waals surface area contributed by atoms with Crippen molar-refractivity contribution in [2.75, 3.05) is 0 Å². The Bertz CT molecular complexity index is 394. The molecule has 1 heterocycles. The number of nitrogens with zero attached hydrogens (tertiary/aromatic N) is 1. The molecule has 0 unspecified atom stereocenters. The molecular weight excluding hydrogens is 170 g/mol. The summed E-state index contributed by atoms with van der Waals surface area (Å²) in [5, 5.41) is 9.30. The quantitative estimate of drug-likeness (QED) is 0.729. The minimum atomic E-state index is -0.406. The third-order valence-electron chi connectivity index (χ3n) is 1.84. The molecule has 62 valence electrons. The molecule has 0 saturated heterocycles. The molecule has 0 bridgehead atoms. The molecule has 1 atom stereocenters. The van der Waals surface area contributed by atoms with Crippen molar-refractivity contribution in [2.45, 2.75) is 13.0 Å². The molecule has 0 aliphatic heterocycles. The van der Waals surface area contributed by atoms with Gasteiger partial charge in [0.1, 0.15) is 0 Å². The summed E-state index contributed by atoms with van der Waals surface area (Å²) >= 11 is 1.61. The van der Waals surface area contributed by atoms with Gasteiger partial charge in [0.25, 0.3) is 0 Å². The number of aromatic nitrogens is 1. The Labute approximate surface area is 74.5 Å². The van der Waals surface area contributed by atoms with E-state index in [0.29, 0.717) is 0 Å². The average molecular weight is 179 g/mol. The maximum absolute atomic E-state index is 9.30. The van der Waals surface area contributed by atoms with E-state index < -0.39 is 6.10 Å². The zero-order valence-corrected chi connectivity index (χ0v) is 7.51. The zero-order valence-electron chi connectivity index (χ0n) is 6.69. The fourth-order valence-electron chi connectivity index (χ4n) is 1.13. The Morgan fingerprint density at radius 2 is 2.33 bits per heavy atom. The number of aliphatic hydroxyl groups is 1. The number of aliphatic hydroxyl groups excluding tert-OH is 1. The molecule has 0 aliphatic carbocycles. The van der Waals surface area contributed by atoms with Gasteiger partial charge in [0.15, 0.2) is 0 Å². The SMILES string of the molecule is C[C@H](O)c1ccc2scnc2c1. The fraction of sp³-hybridized carbons (Fsp3) is 0.222. The van der Waals surface area contributed by atoms with Crippen molar-refractivity contribution in [1.82, 2.24) is 4.98 Å². The van der Waals surface area contributed by atoms with Gasteiger partial charge in [-0.1, -0.05) is 6.07 Å². The summed E-state index contributed by atoms with van der Waals surface area (Å²) < 4.78 is 1.17. The highest BCUT2D eigenvalue weighted by Gasteiger charge is 2.02. The van der Waals surface area contributed by atoms with E-state index in [1.54, 1.807) is 18.3 Å². The number of hydrogen-bond acceptors (Lipinski definition) is 3. The first-order valence-electron chi connectivity index (χ1n) is 3.78. The standard InChI is InChI=1S/C9H9NOS/c1-6(11)7-2-3-9-8(4-7)10-5-12-9/h2-6,11H,1H3/t6-/m0/s1. The Balaban J connectivity index is 2.60. The predicted octanol–water partition coefficient (Wildman–Crippen LogP) is 2.35. The fourth-order valence-corrected chi connectivity index (χ4v) is 1.79. The van der Waals surface area contributed by atoms with Crippen LogP contribution in [0, 0.1) is 0 Å². The van der Waals surface area contributed by atoms with Crippen LogP contribution in [0.5, 0.6) is 0 Å². The van der Waals surface area contributed by atoms with Crippen LogP contribution in [0.15, 0.2) is 23.7 Å². The number of benzene rings is 1. The number of hydrogen-bond donors (Lipinski definition) is 1. The summed E-state index contributed by atoms with van der Waals surface area (Å²) in [5.74, 6) is 0. The van der Waals surface area contributed by atoms with Crippen LogP contribution >= 0.6 is 11.3 Å². The maximum atomic E-state index is 9.30. The summed E-state index contributed by atoms with van der Waals surface area (Å²) in [6.07, 6.45) is -0.406. The predicted molar refractivity (Wildman–Crippen MR) is 50.3 cm³/mol. The van der Waals surface area contributed by atoms with Gasteiger partial charge >= 0.3 is 0 Å². The lowest BCUT2D eigenvalue weighted by Crippen LogP contribution is -1.89. The Morgan fingerprint density at radius 3 is 3.08 bits per heavy atom. The van der Waals surface area contributed by atoms with Gasteiger partial charge in [-0.25, -0.2) is 4.98 Å². The summed E-state index contributed by atoms with van der Waals surface area (Å²) in [5.41, 5.74) is 3.71. The third-order valence-corrected chi connectivity index (χ3v) is 2.65. The van der Waals surface area contributed by atoms with Crippen LogP contribution in [0.1, 0.15) is 18.6 Å². The summed E-state index contributed by atoms with van der Waals surface area (Å²) in [6.45, 7) is 1.76. The normalized spacial score (nSPS) is 13.5. The lowest BCUT2D eigenvalue weighted by Gasteiger charge is -2.02. The average Bonchev–Trinajstić information content (AvgIpc) is 2.49. The van der Waals surface area contributed by atoms with Crippen LogP contribution in [0.25, 0.3) is 10.2 Å². The van der Waals surface area contributed by atoms with Crippen molar-refractivity contribution in [3.63, 3.8) is 0 Å². The smallest absolute Gasteiger partial charge is 0.0815 e. The number of rotatable bonds is 1. The summed E-state index contributed by atoms with van der Waals surface area (Å²) in [4.78, 5) is 4.17. The highest BCUT2D eigenvalue weighted by molar-refractivity contribution is 7.16. The van der Waals surface area contributed by atoms with Crippen LogP contribution in [-0.4, -0.2) is 10.1 Å². The van der Waals surface area contributed by atoms with E-state index in [1.165, 1.54) is 4.70 Å². The molecule has 0 fully saturated rings. The minimum Gasteiger partial charge on any atom is -0.389 e. The second-order valence-electron chi connectivity index (χ2n) is 2.76. The Kier molecular flexibility index (Phi) is 1.83. The van der Waals surface area contributed by atoms with Crippen LogP contribution in [-0.2, 0) is 0 Å². The zero-order chi connectivity index (χ0) is 8.55. The van der Waals surface area contributed by atoms with Crippen LogP contribution < -0.4 is 0 Å². The molecule has 12 heavy (non-hydrogen) atoms. The van der Waals surface area contributed by atoms with Gasteiger partial charge in [-0.05, 0) is 24.6 Å². The van der Waals surface area contributed by atoms with Gasteiger partial charge < -0.3 is 5.11 Å². The van der Waals surface area contributed by atoms with Gasteiger partial charge in [-0.15, -0.1) is 11.3 Å². The topological polar surface area (TPSA) is 33.1 Å². The molecular formula is C9H9NOS. The van der Waals surface area contributed by atoms with E-state index in [9.17, 15) is 5.11 Å². The van der Waals surface area contributed by atoms with Crippen LogP contribution in [0.4, 0.5) is 0 Å². The van der Waals surface area contributed by atoms with Crippen LogP contribution in [0.2, 0.25) is 0 Å². The van der Waals surface area contributed by atoms with Crippen molar-refractivity contribution in [3.8, 4) is 0 Å². The first-order valence-corrected chi connectivity index (χ1v) is 4.66. The van der Waals surface area contributed by atoms with Crippen molar-refractivity contribution >= 4 is 21.6 Å². The van der Waals surface area contributed by atoms with Gasteiger partial charge in [-0.2, -0.15) is 0 Å². The second kappa shape index (κ2) is 2.84. The third kappa shape index (κ3) is 1.21. The van der Waals surface area contributed by atoms with Crippen molar-refractivity contribution in [2.24, 2.45) is 0 Å². The van der Waals surface area contributed by atoms with Gasteiger partial charge in [0.05, 0.1) is 21.8 Å². The Morgan fingerprint density at radius 1 is 1.50 bits per heavy atom. The largest absolute Gasteiger partial charge is 0.389 e. The number of fused-ring (bicyclic) bond motifs is 1. The van der Waals surface area contributed by atoms with E-state index in [-0.39, 0.29) is 0 Å². The van der Waals surface area contributed by atoms with E-state index in [4.69, 9.17) is 0 Å². The van der Waals surface area contributed by atoms with Gasteiger partial charge in [0, 0.05) is 0 Å². The molecule has 1 aromatic carbocycles. The van der Waals surface area contributed by atoms with E-state index >= 15 is 0 Å². The summed E-state index contributed by atoms with van der Waals surface area (Å²) in [7, 11) is 0.